The van der Waals surface area contributed by atoms with Crippen LogP contribution in [-0.2, 0) is 6.54 Å². The fraction of sp³-hybridized carbons (Fsp3) is 0.529. The van der Waals surface area contributed by atoms with E-state index in [9.17, 15) is 5.11 Å². The summed E-state index contributed by atoms with van der Waals surface area (Å²) in [4.78, 5) is 2.39. The second-order valence-corrected chi connectivity index (χ2v) is 5.26. The maximum absolute atomic E-state index is 9.36. The lowest BCUT2D eigenvalue weighted by atomic mass is 10.1. The topological polar surface area (TPSA) is 35.5 Å². The zero-order valence-corrected chi connectivity index (χ0v) is 12.0. The Bertz CT molecular complexity index is 429. The highest BCUT2D eigenvalue weighted by Crippen LogP contribution is 2.07. The Morgan fingerprint density at radius 2 is 1.90 bits per heavy atom. The normalized spacial score (nSPS) is 17.2. The van der Waals surface area contributed by atoms with Crippen LogP contribution in [0.2, 0.25) is 0 Å². The summed E-state index contributed by atoms with van der Waals surface area (Å²) in [6.07, 6.45) is 3.93. The Balaban J connectivity index is 1.74. The van der Waals surface area contributed by atoms with Crippen molar-refractivity contribution in [3.05, 3.63) is 35.9 Å². The molecule has 20 heavy (non-hydrogen) atoms. The lowest BCUT2D eigenvalue weighted by Crippen LogP contribution is -2.32. The van der Waals surface area contributed by atoms with Crippen molar-refractivity contribution >= 4 is 0 Å². The predicted molar refractivity (Wildman–Crippen MR) is 82.2 cm³/mol. The Morgan fingerprint density at radius 1 is 1.15 bits per heavy atom. The first-order chi connectivity index (χ1) is 9.88. The Labute approximate surface area is 122 Å². The van der Waals surface area contributed by atoms with Crippen LogP contribution in [0.3, 0.4) is 0 Å². The molecule has 1 atom stereocenters. The summed E-state index contributed by atoms with van der Waals surface area (Å²) in [6.45, 7) is 3.94. The fourth-order valence-corrected chi connectivity index (χ4v) is 2.40. The number of benzene rings is 1. The molecular weight excluding hydrogens is 248 g/mol. The number of piperidine rings is 1. The van der Waals surface area contributed by atoms with Gasteiger partial charge in [-0.05, 0) is 31.5 Å². The van der Waals surface area contributed by atoms with E-state index in [1.54, 1.807) is 0 Å². The highest BCUT2D eigenvalue weighted by molar-refractivity contribution is 5.16. The minimum atomic E-state index is -0.139. The molecule has 1 aliphatic rings. The van der Waals surface area contributed by atoms with E-state index >= 15 is 0 Å². The van der Waals surface area contributed by atoms with Gasteiger partial charge in [-0.1, -0.05) is 48.6 Å². The van der Waals surface area contributed by atoms with Crippen LogP contribution < -0.4 is 5.32 Å². The second-order valence-electron chi connectivity index (χ2n) is 5.26. The number of hydrogen-bond acceptors (Lipinski definition) is 3. The van der Waals surface area contributed by atoms with Gasteiger partial charge in [-0.25, -0.2) is 0 Å². The third-order valence-corrected chi connectivity index (χ3v) is 3.61. The maximum atomic E-state index is 9.36. The average molecular weight is 272 g/mol. The zero-order valence-electron chi connectivity index (χ0n) is 12.0. The number of nitrogens with one attached hydrogen (secondary N) is 1. The van der Waals surface area contributed by atoms with Crippen molar-refractivity contribution in [3.63, 3.8) is 0 Å². The lowest BCUT2D eigenvalue weighted by molar-refractivity contribution is 0.254. The summed E-state index contributed by atoms with van der Waals surface area (Å²) in [7, 11) is 0. The van der Waals surface area contributed by atoms with Crippen molar-refractivity contribution in [1.29, 1.82) is 0 Å². The van der Waals surface area contributed by atoms with Crippen LogP contribution in [0, 0.1) is 11.8 Å². The maximum Gasteiger partial charge on any atom is 0.0926 e. The molecule has 1 heterocycles. The van der Waals surface area contributed by atoms with Crippen molar-refractivity contribution in [3.8, 4) is 11.8 Å². The van der Waals surface area contributed by atoms with E-state index in [0.717, 1.165) is 26.2 Å². The average Bonchev–Trinajstić information content (AvgIpc) is 2.52. The van der Waals surface area contributed by atoms with Gasteiger partial charge in [0.1, 0.15) is 0 Å². The molecule has 0 bridgehead atoms. The molecule has 108 valence electrons. The van der Waals surface area contributed by atoms with E-state index in [0.29, 0.717) is 0 Å². The number of rotatable bonds is 5. The largest absolute Gasteiger partial charge is 0.394 e. The molecule has 0 aliphatic carbocycles. The molecule has 3 heteroatoms. The third-order valence-electron chi connectivity index (χ3n) is 3.61. The van der Waals surface area contributed by atoms with E-state index in [1.165, 1.54) is 24.8 Å². The summed E-state index contributed by atoms with van der Waals surface area (Å²) in [5.41, 5.74) is 1.21. The molecule has 0 amide bonds. The molecule has 1 aliphatic heterocycles. The Kier molecular flexibility index (Phi) is 6.59. The van der Waals surface area contributed by atoms with Gasteiger partial charge in [0, 0.05) is 6.54 Å². The number of aliphatic hydroxyl groups is 1. The fourth-order valence-electron chi connectivity index (χ4n) is 2.40. The van der Waals surface area contributed by atoms with Gasteiger partial charge in [0.15, 0.2) is 0 Å². The first-order valence-electron chi connectivity index (χ1n) is 7.47. The van der Waals surface area contributed by atoms with Gasteiger partial charge in [-0.3, -0.25) is 10.2 Å². The number of nitrogens with zero attached hydrogens (tertiary/aromatic N) is 1. The molecule has 0 aromatic heterocycles. The zero-order chi connectivity index (χ0) is 14.0. The Morgan fingerprint density at radius 3 is 2.60 bits per heavy atom. The molecule has 0 saturated carbocycles. The minimum Gasteiger partial charge on any atom is -0.394 e. The van der Waals surface area contributed by atoms with Crippen molar-refractivity contribution in [2.75, 3.05) is 26.2 Å². The molecular formula is C17H24N2O. The van der Waals surface area contributed by atoms with Crippen LogP contribution >= 0.6 is 0 Å². The number of likely N-dealkylation sites (tertiary alicyclic amines) is 1. The number of aliphatic hydroxyl groups excluding tert-OH is 1. The quantitative estimate of drug-likeness (QED) is 0.800. The van der Waals surface area contributed by atoms with Gasteiger partial charge in [0.2, 0.25) is 0 Å². The molecule has 1 saturated heterocycles. The molecule has 2 rings (SSSR count). The molecule has 1 aromatic rings. The smallest absolute Gasteiger partial charge is 0.0926 e. The van der Waals surface area contributed by atoms with Gasteiger partial charge < -0.3 is 5.11 Å². The molecule has 0 spiro atoms. The van der Waals surface area contributed by atoms with Gasteiger partial charge in [0.25, 0.3) is 0 Å². The highest BCUT2D eigenvalue weighted by Gasteiger charge is 2.08. The first-order valence-corrected chi connectivity index (χ1v) is 7.47. The molecule has 0 unspecified atom stereocenters. The van der Waals surface area contributed by atoms with Gasteiger partial charge in [0.05, 0.1) is 19.2 Å². The van der Waals surface area contributed by atoms with Crippen molar-refractivity contribution in [2.24, 2.45) is 0 Å². The summed E-state index contributed by atoms with van der Waals surface area (Å²) in [5, 5.41) is 12.6. The van der Waals surface area contributed by atoms with Crippen LogP contribution in [0.4, 0.5) is 0 Å². The standard InChI is InChI=1S/C17H24N2O/c20-15-17(18-14-16-8-3-1-4-9-16)10-7-13-19-11-5-2-6-12-19/h1,3-4,8-9,17-18,20H,2,5-6,11-15H2/t17-/m0/s1. The highest BCUT2D eigenvalue weighted by atomic mass is 16.3. The van der Waals surface area contributed by atoms with E-state index in [4.69, 9.17) is 0 Å². The molecule has 0 radical (unpaired) electrons. The van der Waals surface area contributed by atoms with E-state index in [2.05, 4.69) is 34.2 Å². The second kappa shape index (κ2) is 8.76. The van der Waals surface area contributed by atoms with Crippen LogP contribution in [0.25, 0.3) is 0 Å². The van der Waals surface area contributed by atoms with Crippen LogP contribution in [0.5, 0.6) is 0 Å². The third kappa shape index (κ3) is 5.34. The van der Waals surface area contributed by atoms with Crippen molar-refractivity contribution < 1.29 is 5.11 Å². The molecule has 2 N–H and O–H groups in total. The monoisotopic (exact) mass is 272 g/mol. The van der Waals surface area contributed by atoms with E-state index < -0.39 is 0 Å². The molecule has 1 aromatic carbocycles. The van der Waals surface area contributed by atoms with Crippen molar-refractivity contribution in [1.82, 2.24) is 10.2 Å². The summed E-state index contributed by atoms with van der Waals surface area (Å²) in [5.74, 6) is 6.33. The summed E-state index contributed by atoms with van der Waals surface area (Å²) >= 11 is 0. The predicted octanol–water partition coefficient (Wildman–Crippen LogP) is 1.63. The summed E-state index contributed by atoms with van der Waals surface area (Å²) in [6, 6.07) is 10.1. The van der Waals surface area contributed by atoms with Crippen LogP contribution in [0.1, 0.15) is 24.8 Å². The van der Waals surface area contributed by atoms with Gasteiger partial charge in [-0.2, -0.15) is 0 Å². The molecule has 1 fully saturated rings. The lowest BCUT2D eigenvalue weighted by Gasteiger charge is -2.23. The van der Waals surface area contributed by atoms with E-state index in [-0.39, 0.29) is 12.6 Å². The van der Waals surface area contributed by atoms with Crippen LogP contribution in [-0.4, -0.2) is 42.3 Å². The van der Waals surface area contributed by atoms with Gasteiger partial charge in [-0.15, -0.1) is 0 Å². The van der Waals surface area contributed by atoms with Crippen LogP contribution in [0.15, 0.2) is 30.3 Å². The molecule has 3 nitrogen and oxygen atoms in total. The Hall–Kier alpha value is -1.34. The number of hydrogen-bond donors (Lipinski definition) is 2. The first kappa shape index (κ1) is 15.1. The summed E-state index contributed by atoms with van der Waals surface area (Å²) < 4.78 is 0. The minimum absolute atomic E-state index is 0.0554. The SMILES string of the molecule is OC[C@H](C#CCN1CCCCC1)NCc1ccccc1. The van der Waals surface area contributed by atoms with E-state index in [1.807, 2.05) is 18.2 Å². The van der Waals surface area contributed by atoms with Crippen molar-refractivity contribution in [2.45, 2.75) is 31.8 Å². The van der Waals surface area contributed by atoms with Gasteiger partial charge >= 0.3 is 0 Å².